The summed E-state index contributed by atoms with van der Waals surface area (Å²) in [6, 6.07) is 5.97. The van der Waals surface area contributed by atoms with Crippen molar-refractivity contribution in [2.45, 2.75) is 18.8 Å². The van der Waals surface area contributed by atoms with Gasteiger partial charge in [0.15, 0.2) is 5.65 Å². The van der Waals surface area contributed by atoms with Gasteiger partial charge < -0.3 is 10.6 Å². The molecule has 0 radical (unpaired) electrons. The first-order chi connectivity index (χ1) is 10.8. The summed E-state index contributed by atoms with van der Waals surface area (Å²) in [6.07, 6.45) is 7.40. The van der Waals surface area contributed by atoms with Crippen LogP contribution in [-0.2, 0) is 0 Å². The fraction of sp³-hybridized carbons (Fsp3) is 0.333. The van der Waals surface area contributed by atoms with E-state index in [1.165, 1.54) is 0 Å². The zero-order valence-electron chi connectivity index (χ0n) is 12.1. The highest BCUT2D eigenvalue weighted by Crippen LogP contribution is 2.28. The number of rotatable bonds is 2. The van der Waals surface area contributed by atoms with Crippen LogP contribution < -0.4 is 10.6 Å². The third-order valence-corrected chi connectivity index (χ3v) is 4.16. The SMILES string of the molecule is Nc1cncc(N2CCC(c3nnc4ccccn34)CC2)n1. The zero-order valence-corrected chi connectivity index (χ0v) is 12.1. The van der Waals surface area contributed by atoms with Gasteiger partial charge in [0.2, 0.25) is 0 Å². The van der Waals surface area contributed by atoms with Crippen molar-refractivity contribution in [3.63, 3.8) is 0 Å². The molecule has 0 unspecified atom stereocenters. The molecule has 112 valence electrons. The fourth-order valence-corrected chi connectivity index (χ4v) is 3.03. The van der Waals surface area contributed by atoms with E-state index in [1.54, 1.807) is 12.4 Å². The molecule has 0 amide bonds. The Balaban J connectivity index is 1.52. The van der Waals surface area contributed by atoms with Crippen LogP contribution in [0.15, 0.2) is 36.8 Å². The Morgan fingerprint density at radius 3 is 2.77 bits per heavy atom. The molecule has 22 heavy (non-hydrogen) atoms. The van der Waals surface area contributed by atoms with Crippen LogP contribution in [0.2, 0.25) is 0 Å². The number of nitrogens with zero attached hydrogens (tertiary/aromatic N) is 6. The van der Waals surface area contributed by atoms with Crippen molar-refractivity contribution >= 4 is 17.3 Å². The summed E-state index contributed by atoms with van der Waals surface area (Å²) in [5.41, 5.74) is 6.61. The fourth-order valence-electron chi connectivity index (χ4n) is 3.03. The minimum Gasteiger partial charge on any atom is -0.382 e. The first-order valence-corrected chi connectivity index (χ1v) is 7.43. The lowest BCUT2D eigenvalue weighted by Gasteiger charge is -2.31. The van der Waals surface area contributed by atoms with Gasteiger partial charge in [-0.2, -0.15) is 0 Å². The molecular formula is C15H17N7. The van der Waals surface area contributed by atoms with Crippen molar-refractivity contribution in [3.8, 4) is 0 Å². The molecule has 0 atom stereocenters. The summed E-state index contributed by atoms with van der Waals surface area (Å²) >= 11 is 0. The van der Waals surface area contributed by atoms with Gasteiger partial charge in [0.25, 0.3) is 0 Å². The maximum absolute atomic E-state index is 5.71. The van der Waals surface area contributed by atoms with E-state index < -0.39 is 0 Å². The Kier molecular flexibility index (Phi) is 3.10. The minimum atomic E-state index is 0.419. The molecule has 4 heterocycles. The average molecular weight is 295 g/mol. The minimum absolute atomic E-state index is 0.419. The van der Waals surface area contributed by atoms with E-state index in [-0.39, 0.29) is 0 Å². The van der Waals surface area contributed by atoms with Gasteiger partial charge in [-0.05, 0) is 25.0 Å². The van der Waals surface area contributed by atoms with E-state index in [0.717, 1.165) is 43.2 Å². The molecule has 1 saturated heterocycles. The number of piperidine rings is 1. The van der Waals surface area contributed by atoms with Gasteiger partial charge in [-0.25, -0.2) is 4.98 Å². The number of hydrogen-bond acceptors (Lipinski definition) is 6. The highest BCUT2D eigenvalue weighted by molar-refractivity contribution is 5.42. The molecule has 7 nitrogen and oxygen atoms in total. The predicted molar refractivity (Wildman–Crippen MR) is 83.6 cm³/mol. The second-order valence-electron chi connectivity index (χ2n) is 5.55. The normalized spacial score (nSPS) is 16.3. The molecule has 1 aliphatic rings. The van der Waals surface area contributed by atoms with Crippen molar-refractivity contribution in [2.24, 2.45) is 0 Å². The number of pyridine rings is 1. The van der Waals surface area contributed by atoms with E-state index in [9.17, 15) is 0 Å². The highest BCUT2D eigenvalue weighted by atomic mass is 15.3. The number of hydrogen-bond donors (Lipinski definition) is 1. The molecule has 1 aliphatic heterocycles. The molecule has 4 rings (SSSR count). The second kappa shape index (κ2) is 5.25. The summed E-state index contributed by atoms with van der Waals surface area (Å²) in [6.45, 7) is 1.84. The van der Waals surface area contributed by atoms with Gasteiger partial charge >= 0.3 is 0 Å². The van der Waals surface area contributed by atoms with Crippen LogP contribution in [0.25, 0.3) is 5.65 Å². The van der Waals surface area contributed by atoms with Crippen LogP contribution in [0.1, 0.15) is 24.6 Å². The van der Waals surface area contributed by atoms with Gasteiger partial charge in [0, 0.05) is 25.2 Å². The smallest absolute Gasteiger partial charge is 0.160 e. The van der Waals surface area contributed by atoms with Crippen LogP contribution in [0.4, 0.5) is 11.6 Å². The molecule has 3 aromatic rings. The summed E-state index contributed by atoms with van der Waals surface area (Å²) in [4.78, 5) is 10.7. The molecule has 0 spiro atoms. The highest BCUT2D eigenvalue weighted by Gasteiger charge is 2.25. The third kappa shape index (κ3) is 2.24. The molecular weight excluding hydrogens is 278 g/mol. The number of nitrogen functional groups attached to an aromatic ring is 1. The van der Waals surface area contributed by atoms with Crippen LogP contribution in [0.5, 0.6) is 0 Å². The first-order valence-electron chi connectivity index (χ1n) is 7.43. The lowest BCUT2D eigenvalue weighted by molar-refractivity contribution is 0.480. The summed E-state index contributed by atoms with van der Waals surface area (Å²) in [5.74, 6) is 2.78. The van der Waals surface area contributed by atoms with E-state index in [2.05, 4.69) is 29.5 Å². The van der Waals surface area contributed by atoms with Crippen LogP contribution in [0, 0.1) is 0 Å². The monoisotopic (exact) mass is 295 g/mol. The molecule has 7 heteroatoms. The summed E-state index contributed by atoms with van der Waals surface area (Å²) in [7, 11) is 0. The van der Waals surface area contributed by atoms with Crippen molar-refractivity contribution in [1.29, 1.82) is 0 Å². The third-order valence-electron chi connectivity index (χ3n) is 4.16. The van der Waals surface area contributed by atoms with Gasteiger partial charge in [0.1, 0.15) is 17.5 Å². The average Bonchev–Trinajstić information content (AvgIpc) is 2.99. The molecule has 1 fully saturated rings. The molecule has 2 N–H and O–H groups in total. The van der Waals surface area contributed by atoms with E-state index in [0.29, 0.717) is 11.7 Å². The Morgan fingerprint density at radius 2 is 1.95 bits per heavy atom. The molecule has 3 aromatic heterocycles. The maximum atomic E-state index is 5.71. The maximum Gasteiger partial charge on any atom is 0.160 e. The summed E-state index contributed by atoms with van der Waals surface area (Å²) in [5, 5.41) is 8.62. The molecule has 0 aromatic carbocycles. The van der Waals surface area contributed by atoms with E-state index in [1.807, 2.05) is 24.4 Å². The Labute approximate surface area is 127 Å². The lowest BCUT2D eigenvalue weighted by Crippen LogP contribution is -2.34. The van der Waals surface area contributed by atoms with E-state index in [4.69, 9.17) is 5.73 Å². The number of fused-ring (bicyclic) bond motifs is 1. The Hall–Kier alpha value is -2.70. The van der Waals surface area contributed by atoms with Crippen LogP contribution >= 0.6 is 0 Å². The predicted octanol–water partition coefficient (Wildman–Crippen LogP) is 1.49. The summed E-state index contributed by atoms with van der Waals surface area (Å²) < 4.78 is 2.08. The van der Waals surface area contributed by atoms with E-state index >= 15 is 0 Å². The Morgan fingerprint density at radius 1 is 1.09 bits per heavy atom. The quantitative estimate of drug-likeness (QED) is 0.771. The molecule has 0 aliphatic carbocycles. The molecule has 0 bridgehead atoms. The molecule has 0 saturated carbocycles. The van der Waals surface area contributed by atoms with Gasteiger partial charge in [-0.3, -0.25) is 9.38 Å². The Bertz CT molecular complexity index is 789. The second-order valence-corrected chi connectivity index (χ2v) is 5.55. The van der Waals surface area contributed by atoms with Crippen LogP contribution in [0.3, 0.4) is 0 Å². The van der Waals surface area contributed by atoms with Crippen LogP contribution in [-0.4, -0.2) is 37.7 Å². The largest absolute Gasteiger partial charge is 0.382 e. The van der Waals surface area contributed by atoms with Crippen molar-refractivity contribution in [2.75, 3.05) is 23.7 Å². The zero-order chi connectivity index (χ0) is 14.9. The van der Waals surface area contributed by atoms with Crippen molar-refractivity contribution < 1.29 is 0 Å². The number of aromatic nitrogens is 5. The lowest BCUT2D eigenvalue weighted by atomic mass is 9.96. The number of nitrogens with two attached hydrogens (primary N) is 1. The van der Waals surface area contributed by atoms with Gasteiger partial charge in [-0.15, -0.1) is 10.2 Å². The first kappa shape index (κ1) is 13.0. The number of anilines is 2. The van der Waals surface area contributed by atoms with Crippen molar-refractivity contribution in [1.82, 2.24) is 24.6 Å². The standard InChI is InChI=1S/C15H17N7/c16-12-9-17-10-14(18-12)21-7-4-11(5-8-21)15-20-19-13-3-1-2-6-22(13)15/h1-3,6,9-11H,4-5,7-8H2,(H2,16,18). The van der Waals surface area contributed by atoms with Crippen molar-refractivity contribution in [3.05, 3.63) is 42.6 Å². The topological polar surface area (TPSA) is 85.2 Å². The van der Waals surface area contributed by atoms with Gasteiger partial charge in [0.05, 0.1) is 12.4 Å². The van der Waals surface area contributed by atoms with Gasteiger partial charge in [-0.1, -0.05) is 6.07 Å².